The molecule has 94 valence electrons. The van der Waals surface area contributed by atoms with E-state index >= 15 is 0 Å². The van der Waals surface area contributed by atoms with Gasteiger partial charge in [-0.2, -0.15) is 5.26 Å². The molecule has 0 aromatic heterocycles. The molecule has 1 fully saturated rings. The van der Waals surface area contributed by atoms with Crippen molar-refractivity contribution in [1.82, 2.24) is 0 Å². The molecule has 2 rings (SSSR count). The molecule has 0 amide bonds. The van der Waals surface area contributed by atoms with E-state index in [0.29, 0.717) is 0 Å². The normalized spacial score (nSPS) is 22.1. The zero-order valence-electron chi connectivity index (χ0n) is 10.2. The number of hydrogen-bond acceptors (Lipinski definition) is 2. The first-order valence-electron chi connectivity index (χ1n) is 5.75. The number of carbonyl (C=O) groups excluding carboxylic acids is 1. The van der Waals surface area contributed by atoms with Crippen LogP contribution < -0.4 is 0 Å². The second-order valence-electron chi connectivity index (χ2n) is 5.35. The summed E-state index contributed by atoms with van der Waals surface area (Å²) in [7, 11) is 0. The lowest BCUT2D eigenvalue weighted by Gasteiger charge is -2.12. The third kappa shape index (κ3) is 2.13. The van der Waals surface area contributed by atoms with E-state index in [0.717, 1.165) is 6.42 Å². The van der Waals surface area contributed by atoms with Crippen LogP contribution in [0.2, 0.25) is 5.02 Å². The van der Waals surface area contributed by atoms with Crippen molar-refractivity contribution in [2.75, 3.05) is 0 Å². The van der Waals surface area contributed by atoms with Gasteiger partial charge in [0.15, 0.2) is 5.78 Å². The molecule has 2 atom stereocenters. The summed E-state index contributed by atoms with van der Waals surface area (Å²) < 4.78 is 13.7. The third-order valence-corrected chi connectivity index (χ3v) is 3.89. The van der Waals surface area contributed by atoms with Crippen molar-refractivity contribution < 1.29 is 9.18 Å². The molecule has 18 heavy (non-hydrogen) atoms. The Morgan fingerprint density at radius 3 is 2.67 bits per heavy atom. The maximum absolute atomic E-state index is 13.7. The fourth-order valence-electron chi connectivity index (χ4n) is 2.21. The Morgan fingerprint density at radius 2 is 2.22 bits per heavy atom. The molecule has 1 aromatic carbocycles. The van der Waals surface area contributed by atoms with E-state index in [1.165, 1.54) is 18.2 Å². The van der Waals surface area contributed by atoms with Crippen LogP contribution in [0.5, 0.6) is 0 Å². The standard InChI is InChI=1S/C14H13ClFNO/c1-14(2)6-9(14)13(18)8(7-17)12-10(15)4-3-5-11(12)16/h3-5,8-9H,6H2,1-2H3. The molecule has 1 aliphatic carbocycles. The lowest BCUT2D eigenvalue weighted by atomic mass is 9.90. The Balaban J connectivity index is 2.36. The van der Waals surface area contributed by atoms with Crippen LogP contribution in [-0.4, -0.2) is 5.78 Å². The summed E-state index contributed by atoms with van der Waals surface area (Å²) in [6.45, 7) is 3.93. The van der Waals surface area contributed by atoms with Crippen molar-refractivity contribution >= 4 is 17.4 Å². The van der Waals surface area contributed by atoms with Crippen LogP contribution in [0.15, 0.2) is 18.2 Å². The SMILES string of the molecule is CC1(C)CC1C(=O)C(C#N)c1c(F)cccc1Cl. The van der Waals surface area contributed by atoms with Gasteiger partial charge in [0.25, 0.3) is 0 Å². The molecule has 0 bridgehead atoms. The summed E-state index contributed by atoms with van der Waals surface area (Å²) in [6, 6.07) is 6.06. The van der Waals surface area contributed by atoms with Gasteiger partial charge in [-0.05, 0) is 24.0 Å². The van der Waals surface area contributed by atoms with Crippen LogP contribution in [0.4, 0.5) is 4.39 Å². The lowest BCUT2D eigenvalue weighted by Crippen LogP contribution is -2.17. The highest BCUT2D eigenvalue weighted by Crippen LogP contribution is 2.54. The van der Waals surface area contributed by atoms with Crippen molar-refractivity contribution in [3.8, 4) is 6.07 Å². The molecular formula is C14H13ClFNO. The Labute approximate surface area is 110 Å². The molecule has 4 heteroatoms. The van der Waals surface area contributed by atoms with Gasteiger partial charge in [-0.15, -0.1) is 0 Å². The fraction of sp³-hybridized carbons (Fsp3) is 0.429. The minimum Gasteiger partial charge on any atom is -0.298 e. The lowest BCUT2D eigenvalue weighted by molar-refractivity contribution is -0.121. The predicted molar refractivity (Wildman–Crippen MR) is 66.7 cm³/mol. The van der Waals surface area contributed by atoms with E-state index < -0.39 is 11.7 Å². The Hall–Kier alpha value is -1.40. The Kier molecular flexibility index (Phi) is 3.16. The highest BCUT2D eigenvalue weighted by atomic mass is 35.5. The monoisotopic (exact) mass is 265 g/mol. The summed E-state index contributed by atoms with van der Waals surface area (Å²) >= 11 is 5.90. The van der Waals surface area contributed by atoms with Gasteiger partial charge in [0.05, 0.1) is 6.07 Å². The number of halogens is 2. The van der Waals surface area contributed by atoms with Crippen LogP contribution in [0.3, 0.4) is 0 Å². The molecule has 0 saturated heterocycles. The van der Waals surface area contributed by atoms with E-state index in [4.69, 9.17) is 16.9 Å². The van der Waals surface area contributed by atoms with Crippen molar-refractivity contribution in [3.05, 3.63) is 34.6 Å². The fourth-order valence-corrected chi connectivity index (χ4v) is 2.48. The first kappa shape index (κ1) is 13.0. The molecule has 1 saturated carbocycles. The van der Waals surface area contributed by atoms with E-state index in [2.05, 4.69) is 0 Å². The highest BCUT2D eigenvalue weighted by molar-refractivity contribution is 6.31. The molecule has 1 aliphatic rings. The summed E-state index contributed by atoms with van der Waals surface area (Å²) in [5.41, 5.74) is -0.0708. The van der Waals surface area contributed by atoms with Gasteiger partial charge >= 0.3 is 0 Å². The van der Waals surface area contributed by atoms with Gasteiger partial charge in [-0.25, -0.2) is 4.39 Å². The topological polar surface area (TPSA) is 40.9 Å². The number of rotatable bonds is 3. The predicted octanol–water partition coefficient (Wildman–Crippen LogP) is 3.70. The van der Waals surface area contributed by atoms with Crippen molar-refractivity contribution in [2.24, 2.45) is 11.3 Å². The zero-order chi connectivity index (χ0) is 13.5. The van der Waals surface area contributed by atoms with Crippen molar-refractivity contribution in [1.29, 1.82) is 5.26 Å². The van der Waals surface area contributed by atoms with Crippen LogP contribution in [0.25, 0.3) is 0 Å². The molecule has 0 heterocycles. The summed E-state index contributed by atoms with van der Waals surface area (Å²) in [5.74, 6) is -2.10. The molecule has 2 unspecified atom stereocenters. The van der Waals surface area contributed by atoms with E-state index in [-0.39, 0.29) is 27.7 Å². The number of benzene rings is 1. The molecule has 0 aliphatic heterocycles. The first-order chi connectivity index (χ1) is 8.38. The second kappa shape index (κ2) is 4.37. The number of Topliss-reactive ketones (excluding diaryl/α,β-unsaturated/α-hetero) is 1. The molecule has 0 N–H and O–H groups in total. The minimum absolute atomic E-state index is 0.00867. The summed E-state index contributed by atoms with van der Waals surface area (Å²) in [5, 5.41) is 9.28. The smallest absolute Gasteiger partial charge is 0.158 e. The number of nitrogens with zero attached hydrogens (tertiary/aromatic N) is 1. The number of carbonyl (C=O) groups is 1. The van der Waals surface area contributed by atoms with E-state index in [9.17, 15) is 9.18 Å². The van der Waals surface area contributed by atoms with Gasteiger partial charge in [-0.1, -0.05) is 31.5 Å². The van der Waals surface area contributed by atoms with Crippen LogP contribution in [0.1, 0.15) is 31.7 Å². The van der Waals surface area contributed by atoms with E-state index in [1.54, 1.807) is 0 Å². The minimum atomic E-state index is -1.11. The third-order valence-electron chi connectivity index (χ3n) is 3.56. The van der Waals surface area contributed by atoms with Gasteiger partial charge in [0.1, 0.15) is 11.7 Å². The average Bonchev–Trinajstić information content (AvgIpc) is 2.92. The van der Waals surface area contributed by atoms with Crippen molar-refractivity contribution in [3.63, 3.8) is 0 Å². The quantitative estimate of drug-likeness (QED) is 0.836. The van der Waals surface area contributed by atoms with Gasteiger partial charge in [-0.3, -0.25) is 4.79 Å². The average molecular weight is 266 g/mol. The zero-order valence-corrected chi connectivity index (χ0v) is 11.0. The number of hydrogen-bond donors (Lipinski definition) is 0. The van der Waals surface area contributed by atoms with Gasteiger partial charge in [0.2, 0.25) is 0 Å². The number of nitriles is 1. The number of ketones is 1. The molecule has 2 nitrogen and oxygen atoms in total. The summed E-state index contributed by atoms with van der Waals surface area (Å²) in [4.78, 5) is 12.2. The maximum atomic E-state index is 13.7. The molecular weight excluding hydrogens is 253 g/mol. The van der Waals surface area contributed by atoms with Crippen molar-refractivity contribution in [2.45, 2.75) is 26.2 Å². The van der Waals surface area contributed by atoms with Gasteiger partial charge in [0, 0.05) is 16.5 Å². The van der Waals surface area contributed by atoms with Crippen LogP contribution >= 0.6 is 11.6 Å². The summed E-state index contributed by atoms with van der Waals surface area (Å²) in [6.07, 6.45) is 0.746. The van der Waals surface area contributed by atoms with Crippen LogP contribution in [-0.2, 0) is 4.79 Å². The van der Waals surface area contributed by atoms with Gasteiger partial charge < -0.3 is 0 Å². The molecule has 0 radical (unpaired) electrons. The molecule has 0 spiro atoms. The molecule has 1 aromatic rings. The van der Waals surface area contributed by atoms with Crippen LogP contribution in [0, 0.1) is 28.5 Å². The largest absolute Gasteiger partial charge is 0.298 e. The first-order valence-corrected chi connectivity index (χ1v) is 6.13. The maximum Gasteiger partial charge on any atom is 0.158 e. The highest BCUT2D eigenvalue weighted by Gasteiger charge is 2.52. The second-order valence-corrected chi connectivity index (χ2v) is 5.75. The Morgan fingerprint density at radius 1 is 1.61 bits per heavy atom. The van der Waals surface area contributed by atoms with E-state index in [1.807, 2.05) is 19.9 Å². The Bertz CT molecular complexity index is 527.